The van der Waals surface area contributed by atoms with Gasteiger partial charge in [-0.05, 0) is 6.07 Å². The molecule has 0 unspecified atom stereocenters. The molecular weight excluding hydrogens is 195 g/mol. The van der Waals surface area contributed by atoms with Crippen molar-refractivity contribution in [2.24, 2.45) is 5.73 Å². The zero-order valence-electron chi connectivity index (χ0n) is 7.10. The maximum atomic E-state index is 12.3. The molecule has 0 bridgehead atoms. The molecule has 0 spiro atoms. The van der Waals surface area contributed by atoms with E-state index in [-0.39, 0.29) is 12.1 Å². The van der Waals surface area contributed by atoms with Crippen LogP contribution in [0.25, 0.3) is 0 Å². The molecule has 0 amide bonds. The van der Waals surface area contributed by atoms with E-state index in [4.69, 9.17) is 11.0 Å². The zero-order chi connectivity index (χ0) is 10.8. The Morgan fingerprint density at radius 3 is 2.71 bits per heavy atom. The van der Waals surface area contributed by atoms with Gasteiger partial charge in [0, 0.05) is 11.9 Å². The van der Waals surface area contributed by atoms with E-state index in [1.807, 2.05) is 0 Å². The van der Waals surface area contributed by atoms with Gasteiger partial charge in [0.15, 0.2) is 0 Å². The summed E-state index contributed by atoms with van der Waals surface area (Å²) in [5.74, 6) is 0. The molecule has 0 radical (unpaired) electrons. The van der Waals surface area contributed by atoms with Gasteiger partial charge in [-0.25, -0.2) is 0 Å². The number of aromatic amines is 1. The normalized spacial score (nSPS) is 13.6. The summed E-state index contributed by atoms with van der Waals surface area (Å²) in [5, 5.41) is 8.30. The molecule has 0 aliphatic heterocycles. The second kappa shape index (κ2) is 3.72. The van der Waals surface area contributed by atoms with Gasteiger partial charge >= 0.3 is 6.18 Å². The second-order valence-corrected chi connectivity index (χ2v) is 2.77. The lowest BCUT2D eigenvalue weighted by Crippen LogP contribution is -2.16. The number of hydrogen-bond acceptors (Lipinski definition) is 2. The standard InChI is InChI=1S/C8H8F3N3/c9-8(10,11)5-2-4-14-7(5)6(13)1-3-12/h2,4,6,14H,1,13H2/t6-/m1/s1. The van der Waals surface area contributed by atoms with Crippen molar-refractivity contribution in [2.75, 3.05) is 0 Å². The van der Waals surface area contributed by atoms with E-state index >= 15 is 0 Å². The molecule has 1 atom stereocenters. The van der Waals surface area contributed by atoms with Crippen molar-refractivity contribution in [3.8, 4) is 6.07 Å². The lowest BCUT2D eigenvalue weighted by Gasteiger charge is -2.11. The molecule has 6 heteroatoms. The zero-order valence-corrected chi connectivity index (χ0v) is 7.10. The first-order chi connectivity index (χ1) is 6.46. The molecule has 0 saturated carbocycles. The molecule has 1 aromatic heterocycles. The van der Waals surface area contributed by atoms with Crippen LogP contribution in [0.5, 0.6) is 0 Å². The summed E-state index contributed by atoms with van der Waals surface area (Å²) < 4.78 is 37.0. The van der Waals surface area contributed by atoms with Crippen molar-refractivity contribution in [1.82, 2.24) is 4.98 Å². The first-order valence-corrected chi connectivity index (χ1v) is 3.84. The number of halogens is 3. The van der Waals surface area contributed by atoms with Crippen LogP contribution in [0.4, 0.5) is 13.2 Å². The first kappa shape index (κ1) is 10.6. The third-order valence-corrected chi connectivity index (χ3v) is 1.77. The molecule has 3 nitrogen and oxygen atoms in total. The van der Waals surface area contributed by atoms with Gasteiger partial charge in [-0.3, -0.25) is 0 Å². The third kappa shape index (κ3) is 2.06. The van der Waals surface area contributed by atoms with Crippen LogP contribution in [0.3, 0.4) is 0 Å². The number of H-pyrrole nitrogens is 1. The summed E-state index contributed by atoms with van der Waals surface area (Å²) in [7, 11) is 0. The maximum absolute atomic E-state index is 12.3. The van der Waals surface area contributed by atoms with Crippen LogP contribution >= 0.6 is 0 Å². The number of nitrogens with one attached hydrogen (secondary N) is 1. The molecule has 0 aromatic carbocycles. The van der Waals surface area contributed by atoms with Crippen molar-refractivity contribution in [2.45, 2.75) is 18.6 Å². The van der Waals surface area contributed by atoms with E-state index in [1.165, 1.54) is 0 Å². The van der Waals surface area contributed by atoms with Gasteiger partial charge in [0.1, 0.15) is 0 Å². The Labute approximate surface area is 78.3 Å². The van der Waals surface area contributed by atoms with Gasteiger partial charge in [-0.2, -0.15) is 18.4 Å². The molecule has 0 fully saturated rings. The van der Waals surface area contributed by atoms with Crippen LogP contribution < -0.4 is 5.73 Å². The Hall–Kier alpha value is -1.48. The van der Waals surface area contributed by atoms with Crippen molar-refractivity contribution in [3.63, 3.8) is 0 Å². The van der Waals surface area contributed by atoms with Crippen LogP contribution in [0.2, 0.25) is 0 Å². The SMILES string of the molecule is N#CC[C@@H](N)c1[nH]ccc1C(F)(F)F. The molecule has 1 rings (SSSR count). The summed E-state index contributed by atoms with van der Waals surface area (Å²) in [4.78, 5) is 2.40. The van der Waals surface area contributed by atoms with Crippen LogP contribution in [-0.4, -0.2) is 4.98 Å². The minimum Gasteiger partial charge on any atom is -0.363 e. The minimum atomic E-state index is -4.43. The number of nitrogens with two attached hydrogens (primary N) is 1. The monoisotopic (exact) mass is 203 g/mol. The van der Waals surface area contributed by atoms with Crippen molar-refractivity contribution >= 4 is 0 Å². The third-order valence-electron chi connectivity index (χ3n) is 1.77. The Morgan fingerprint density at radius 1 is 1.57 bits per heavy atom. The van der Waals surface area contributed by atoms with Gasteiger partial charge in [0.2, 0.25) is 0 Å². The number of alkyl halides is 3. The summed E-state index contributed by atoms with van der Waals surface area (Å²) in [6.45, 7) is 0. The van der Waals surface area contributed by atoms with Crippen molar-refractivity contribution < 1.29 is 13.2 Å². The quantitative estimate of drug-likeness (QED) is 0.771. The molecule has 0 aliphatic carbocycles. The van der Waals surface area contributed by atoms with Crippen LogP contribution in [0.15, 0.2) is 12.3 Å². The fraction of sp³-hybridized carbons (Fsp3) is 0.375. The fourth-order valence-electron chi connectivity index (χ4n) is 1.14. The van der Waals surface area contributed by atoms with E-state index in [0.29, 0.717) is 0 Å². The summed E-state index contributed by atoms with van der Waals surface area (Å²) in [5.41, 5.74) is 4.45. The predicted molar refractivity (Wildman–Crippen MR) is 43.0 cm³/mol. The highest BCUT2D eigenvalue weighted by Crippen LogP contribution is 2.33. The van der Waals surface area contributed by atoms with Crippen molar-refractivity contribution in [3.05, 3.63) is 23.5 Å². The second-order valence-electron chi connectivity index (χ2n) is 2.77. The highest BCUT2D eigenvalue weighted by atomic mass is 19.4. The van der Waals surface area contributed by atoms with Crippen LogP contribution in [0, 0.1) is 11.3 Å². The van der Waals surface area contributed by atoms with Crippen molar-refractivity contribution in [1.29, 1.82) is 5.26 Å². The van der Waals surface area contributed by atoms with Crippen LogP contribution in [0.1, 0.15) is 23.7 Å². The average molecular weight is 203 g/mol. The molecule has 0 saturated heterocycles. The average Bonchev–Trinajstić information content (AvgIpc) is 2.50. The van der Waals surface area contributed by atoms with Gasteiger partial charge in [0.05, 0.1) is 24.1 Å². The number of rotatable bonds is 2. The maximum Gasteiger partial charge on any atom is 0.418 e. The van der Waals surface area contributed by atoms with Gasteiger partial charge in [-0.1, -0.05) is 0 Å². The van der Waals surface area contributed by atoms with Gasteiger partial charge in [0.25, 0.3) is 0 Å². The topological polar surface area (TPSA) is 65.6 Å². The number of aromatic nitrogens is 1. The highest BCUT2D eigenvalue weighted by Gasteiger charge is 2.35. The van der Waals surface area contributed by atoms with Crippen LogP contribution in [-0.2, 0) is 6.18 Å². The fourth-order valence-corrected chi connectivity index (χ4v) is 1.14. The first-order valence-electron chi connectivity index (χ1n) is 3.84. The van der Waals surface area contributed by atoms with Gasteiger partial charge in [-0.15, -0.1) is 0 Å². The van der Waals surface area contributed by atoms with E-state index < -0.39 is 17.8 Å². The summed E-state index contributed by atoms with van der Waals surface area (Å²) in [6, 6.07) is 1.71. The Morgan fingerprint density at radius 2 is 2.21 bits per heavy atom. The summed E-state index contributed by atoms with van der Waals surface area (Å²) >= 11 is 0. The number of hydrogen-bond donors (Lipinski definition) is 2. The molecule has 14 heavy (non-hydrogen) atoms. The molecule has 3 N–H and O–H groups in total. The molecule has 0 aliphatic rings. The largest absolute Gasteiger partial charge is 0.418 e. The predicted octanol–water partition coefficient (Wildman–Crippen LogP) is 1.95. The highest BCUT2D eigenvalue weighted by molar-refractivity contribution is 5.27. The van der Waals surface area contributed by atoms with Gasteiger partial charge < -0.3 is 10.7 Å². The molecule has 1 aromatic rings. The molecule has 76 valence electrons. The smallest absolute Gasteiger partial charge is 0.363 e. The Bertz CT molecular complexity index is 347. The summed E-state index contributed by atoms with van der Waals surface area (Å²) in [6.07, 6.45) is -3.42. The molecule has 1 heterocycles. The van der Waals surface area contributed by atoms with E-state index in [2.05, 4.69) is 4.98 Å². The van der Waals surface area contributed by atoms with E-state index in [0.717, 1.165) is 12.3 Å². The lowest BCUT2D eigenvalue weighted by atomic mass is 10.1. The van der Waals surface area contributed by atoms with E-state index in [9.17, 15) is 13.2 Å². The molecular formula is C8H8F3N3. The lowest BCUT2D eigenvalue weighted by molar-refractivity contribution is -0.138. The van der Waals surface area contributed by atoms with E-state index in [1.54, 1.807) is 6.07 Å². The number of nitriles is 1. The Kier molecular flexibility index (Phi) is 2.81. The number of nitrogens with zero attached hydrogens (tertiary/aromatic N) is 1. The Balaban J connectivity index is 3.00. The minimum absolute atomic E-state index is 0.140.